The number of carbonyl (C=O) groups is 2. The summed E-state index contributed by atoms with van der Waals surface area (Å²) in [6, 6.07) is 8.50. The third kappa shape index (κ3) is 5.77. The topological polar surface area (TPSA) is 123 Å². The second-order valence-electron chi connectivity index (χ2n) is 8.03. The number of alkyl halides is 3. The number of sulfonamides is 1. The second-order valence-corrected chi connectivity index (χ2v) is 9.97. The van der Waals surface area contributed by atoms with Gasteiger partial charge in [0.15, 0.2) is 0 Å². The zero-order valence-electron chi connectivity index (χ0n) is 18.8. The Kier molecular flexibility index (Phi) is 7.47. The highest BCUT2D eigenvalue weighted by atomic mass is 32.2. The number of halogens is 3. The number of rotatable bonds is 7. The van der Waals surface area contributed by atoms with Gasteiger partial charge in [-0.2, -0.15) is 22.7 Å². The van der Waals surface area contributed by atoms with Crippen LogP contribution in [0, 0.1) is 17.2 Å². The Labute approximate surface area is 200 Å². The van der Waals surface area contributed by atoms with E-state index in [1.54, 1.807) is 0 Å². The first kappa shape index (κ1) is 26.1. The van der Waals surface area contributed by atoms with Gasteiger partial charge in [0.2, 0.25) is 15.9 Å². The van der Waals surface area contributed by atoms with Crippen LogP contribution in [0.3, 0.4) is 0 Å². The molecule has 2 amide bonds. The number of likely N-dealkylation sites (N-methyl/N-ethyl adjacent to an activating group) is 1. The summed E-state index contributed by atoms with van der Waals surface area (Å²) in [5.41, 5.74) is -0.861. The maximum atomic E-state index is 12.9. The van der Waals surface area contributed by atoms with E-state index in [0.29, 0.717) is 0 Å². The van der Waals surface area contributed by atoms with Gasteiger partial charge in [-0.3, -0.25) is 14.6 Å². The highest BCUT2D eigenvalue weighted by Gasteiger charge is 2.37. The minimum atomic E-state index is -4.62. The molecule has 0 bridgehead atoms. The van der Waals surface area contributed by atoms with Crippen molar-refractivity contribution in [2.24, 2.45) is 5.92 Å². The van der Waals surface area contributed by atoms with Gasteiger partial charge < -0.3 is 10.2 Å². The Morgan fingerprint density at radius 3 is 2.60 bits per heavy atom. The number of nitrogens with one attached hydrogen (secondary N) is 1. The monoisotopic (exact) mass is 509 g/mol. The molecule has 1 fully saturated rings. The summed E-state index contributed by atoms with van der Waals surface area (Å²) in [5, 5.41) is 11.3. The van der Waals surface area contributed by atoms with Crippen LogP contribution in [0.25, 0.3) is 0 Å². The van der Waals surface area contributed by atoms with E-state index in [1.165, 1.54) is 44.3 Å². The van der Waals surface area contributed by atoms with E-state index >= 15 is 0 Å². The molecule has 1 aromatic heterocycles. The summed E-state index contributed by atoms with van der Waals surface area (Å²) < 4.78 is 65.0. The Morgan fingerprint density at radius 1 is 1.29 bits per heavy atom. The quantitative estimate of drug-likeness (QED) is 0.609. The molecular weight excluding hydrogens is 487 g/mol. The Balaban J connectivity index is 1.66. The molecule has 1 atom stereocenters. The average molecular weight is 510 g/mol. The van der Waals surface area contributed by atoms with E-state index in [4.69, 9.17) is 5.26 Å². The number of nitriles is 1. The van der Waals surface area contributed by atoms with Gasteiger partial charge in [-0.05, 0) is 42.8 Å². The van der Waals surface area contributed by atoms with E-state index in [-0.39, 0.29) is 41.6 Å². The molecule has 1 saturated heterocycles. The molecule has 186 valence electrons. The summed E-state index contributed by atoms with van der Waals surface area (Å²) >= 11 is 0. The number of benzene rings is 1. The van der Waals surface area contributed by atoms with Crippen molar-refractivity contribution in [1.29, 1.82) is 5.26 Å². The minimum absolute atomic E-state index is 0.0366. The SMILES string of the molecule is CC(C(=O)NCc1ccnc(C(F)(F)F)c1)N(C)C(=O)c1cccc(S(=O)(=O)N2CC(C#N)C2)c1. The Bertz CT molecular complexity index is 1270. The molecule has 0 radical (unpaired) electrons. The Hall–Kier alpha value is -3.50. The van der Waals surface area contributed by atoms with Crippen LogP contribution in [0.2, 0.25) is 0 Å². The average Bonchev–Trinajstić information content (AvgIpc) is 2.80. The van der Waals surface area contributed by atoms with E-state index in [1.807, 2.05) is 6.07 Å². The summed E-state index contributed by atoms with van der Waals surface area (Å²) in [4.78, 5) is 29.7. The van der Waals surface area contributed by atoms with Gasteiger partial charge in [-0.15, -0.1) is 0 Å². The van der Waals surface area contributed by atoms with Crippen molar-refractivity contribution >= 4 is 21.8 Å². The number of pyridine rings is 1. The summed E-state index contributed by atoms with van der Waals surface area (Å²) in [6.07, 6.45) is -3.62. The normalized spacial score (nSPS) is 15.5. The summed E-state index contributed by atoms with van der Waals surface area (Å²) in [5.74, 6) is -1.60. The van der Waals surface area contributed by atoms with E-state index < -0.39 is 39.7 Å². The predicted molar refractivity (Wildman–Crippen MR) is 117 cm³/mol. The van der Waals surface area contributed by atoms with Gasteiger partial charge in [0.1, 0.15) is 11.7 Å². The first-order valence-corrected chi connectivity index (χ1v) is 11.9. The number of hydrogen-bond acceptors (Lipinski definition) is 6. The van der Waals surface area contributed by atoms with Gasteiger partial charge in [-0.1, -0.05) is 6.07 Å². The molecule has 1 N–H and O–H groups in total. The van der Waals surface area contributed by atoms with Crippen molar-refractivity contribution in [1.82, 2.24) is 19.5 Å². The van der Waals surface area contributed by atoms with Gasteiger partial charge >= 0.3 is 6.18 Å². The molecule has 2 aromatic rings. The molecule has 9 nitrogen and oxygen atoms in total. The van der Waals surface area contributed by atoms with Gasteiger partial charge in [0.25, 0.3) is 5.91 Å². The van der Waals surface area contributed by atoms with E-state index in [0.717, 1.165) is 21.5 Å². The van der Waals surface area contributed by atoms with Crippen LogP contribution < -0.4 is 5.32 Å². The smallest absolute Gasteiger partial charge is 0.350 e. The number of nitrogens with zero attached hydrogens (tertiary/aromatic N) is 4. The lowest BCUT2D eigenvalue weighted by Gasteiger charge is -2.34. The molecule has 13 heteroatoms. The summed E-state index contributed by atoms with van der Waals surface area (Å²) in [6.45, 7) is 1.39. The predicted octanol–water partition coefficient (Wildman–Crippen LogP) is 2.02. The largest absolute Gasteiger partial charge is 0.433 e. The molecule has 1 unspecified atom stereocenters. The van der Waals surface area contributed by atoms with Crippen LogP contribution in [0.5, 0.6) is 0 Å². The maximum absolute atomic E-state index is 12.9. The van der Waals surface area contributed by atoms with Crippen molar-refractivity contribution in [2.45, 2.75) is 30.6 Å². The first-order chi connectivity index (χ1) is 16.3. The lowest BCUT2D eigenvalue weighted by atomic mass is 10.1. The van der Waals surface area contributed by atoms with Crippen LogP contribution in [-0.4, -0.2) is 60.6 Å². The lowest BCUT2D eigenvalue weighted by molar-refractivity contribution is -0.141. The number of aromatic nitrogens is 1. The minimum Gasteiger partial charge on any atom is -0.350 e. The second kappa shape index (κ2) is 10.0. The van der Waals surface area contributed by atoms with Crippen molar-refractivity contribution in [2.75, 3.05) is 20.1 Å². The number of amides is 2. The molecule has 2 heterocycles. The third-order valence-corrected chi connectivity index (χ3v) is 7.44. The van der Waals surface area contributed by atoms with Crippen LogP contribution in [0.4, 0.5) is 13.2 Å². The van der Waals surface area contributed by atoms with Crippen LogP contribution in [0.1, 0.15) is 28.5 Å². The van der Waals surface area contributed by atoms with Crippen LogP contribution in [-0.2, 0) is 27.5 Å². The van der Waals surface area contributed by atoms with E-state index in [2.05, 4.69) is 10.3 Å². The first-order valence-electron chi connectivity index (χ1n) is 10.4. The van der Waals surface area contributed by atoms with Crippen molar-refractivity contribution < 1.29 is 31.2 Å². The molecular formula is C22H22F3N5O4S. The van der Waals surface area contributed by atoms with Crippen LogP contribution in [0.15, 0.2) is 47.5 Å². The standard InChI is InChI=1S/C22H22F3N5O4S/c1-14(20(31)28-11-15-6-7-27-19(8-15)22(23,24)25)29(2)21(32)17-4-3-5-18(9-17)35(33,34)30-12-16(10-26)13-30/h3-9,14,16H,11-13H2,1-2H3,(H,28,31). The zero-order valence-corrected chi connectivity index (χ0v) is 19.6. The van der Waals surface area contributed by atoms with Gasteiger partial charge in [0, 0.05) is 38.4 Å². The molecule has 0 spiro atoms. The summed E-state index contributed by atoms with van der Waals surface area (Å²) in [7, 11) is -2.51. The molecule has 0 saturated carbocycles. The zero-order chi connectivity index (χ0) is 26.0. The molecule has 35 heavy (non-hydrogen) atoms. The van der Waals surface area contributed by atoms with Gasteiger partial charge in [0.05, 0.1) is 16.9 Å². The molecule has 3 rings (SSSR count). The van der Waals surface area contributed by atoms with Crippen molar-refractivity contribution in [3.8, 4) is 6.07 Å². The third-order valence-electron chi connectivity index (χ3n) is 5.61. The molecule has 1 aromatic carbocycles. The van der Waals surface area contributed by atoms with Gasteiger partial charge in [-0.25, -0.2) is 8.42 Å². The Morgan fingerprint density at radius 2 is 1.97 bits per heavy atom. The van der Waals surface area contributed by atoms with Crippen LogP contribution >= 0.6 is 0 Å². The fraction of sp³-hybridized carbons (Fsp3) is 0.364. The fourth-order valence-corrected chi connectivity index (χ4v) is 4.86. The number of hydrogen-bond donors (Lipinski definition) is 1. The fourth-order valence-electron chi connectivity index (χ4n) is 3.29. The molecule has 1 aliphatic rings. The van der Waals surface area contributed by atoms with E-state index in [9.17, 15) is 31.2 Å². The van der Waals surface area contributed by atoms with Crippen molar-refractivity contribution in [3.63, 3.8) is 0 Å². The maximum Gasteiger partial charge on any atom is 0.433 e. The number of carbonyl (C=O) groups excluding carboxylic acids is 2. The molecule has 1 aliphatic heterocycles. The highest BCUT2D eigenvalue weighted by molar-refractivity contribution is 7.89. The molecule has 0 aliphatic carbocycles. The highest BCUT2D eigenvalue weighted by Crippen LogP contribution is 2.28. The lowest BCUT2D eigenvalue weighted by Crippen LogP contribution is -2.49. The van der Waals surface area contributed by atoms with Crippen molar-refractivity contribution in [3.05, 3.63) is 59.4 Å².